The summed E-state index contributed by atoms with van der Waals surface area (Å²) in [6, 6.07) is 10.6. The van der Waals surface area contributed by atoms with Crippen LogP contribution in [-0.2, 0) is 17.8 Å². The zero-order valence-electron chi connectivity index (χ0n) is 17.0. The number of nitrogens with one attached hydrogen (secondary N) is 1. The normalized spacial score (nSPS) is 21.9. The molecule has 1 amide bonds. The van der Waals surface area contributed by atoms with E-state index in [0.29, 0.717) is 5.92 Å². The van der Waals surface area contributed by atoms with Gasteiger partial charge in [0.2, 0.25) is 5.91 Å². The third kappa shape index (κ3) is 4.27. The molecule has 28 heavy (non-hydrogen) atoms. The highest BCUT2D eigenvalue weighted by Gasteiger charge is 2.30. The number of piperidine rings is 1. The molecule has 2 unspecified atom stereocenters. The highest BCUT2D eigenvalue weighted by atomic mass is 16.2. The fourth-order valence-corrected chi connectivity index (χ4v) is 4.56. The van der Waals surface area contributed by atoms with Crippen LogP contribution in [0.2, 0.25) is 0 Å². The summed E-state index contributed by atoms with van der Waals surface area (Å²) in [5, 5.41) is 7.66. The topological polar surface area (TPSA) is 63.1 Å². The maximum Gasteiger partial charge on any atom is 0.237 e. The Labute approximate surface area is 167 Å². The van der Waals surface area contributed by atoms with Gasteiger partial charge in [0.15, 0.2) is 0 Å². The standard InChI is InChI=1S/C22H31N5O/c1-16(22(28)24-20-9-6-12-27-21(20)23-17(2)25-27)26-13-10-19(11-14-26)15-18-7-4-3-5-8-18/h3-5,7-8,16,19-20H,6,9-15H2,1-2H3,(H,24,28). The van der Waals surface area contributed by atoms with Crippen molar-refractivity contribution in [3.63, 3.8) is 0 Å². The van der Waals surface area contributed by atoms with Crippen LogP contribution in [0, 0.1) is 12.8 Å². The molecule has 1 saturated heterocycles. The fourth-order valence-electron chi connectivity index (χ4n) is 4.56. The third-order valence-electron chi connectivity index (χ3n) is 6.24. The molecule has 6 heteroatoms. The molecule has 3 heterocycles. The van der Waals surface area contributed by atoms with Crippen LogP contribution in [0.1, 0.15) is 55.9 Å². The highest BCUT2D eigenvalue weighted by Crippen LogP contribution is 2.25. The van der Waals surface area contributed by atoms with Crippen molar-refractivity contribution in [1.29, 1.82) is 0 Å². The van der Waals surface area contributed by atoms with E-state index in [1.807, 2.05) is 18.5 Å². The number of rotatable bonds is 5. The van der Waals surface area contributed by atoms with Gasteiger partial charge < -0.3 is 5.32 Å². The number of aromatic nitrogens is 3. The van der Waals surface area contributed by atoms with Crippen molar-refractivity contribution < 1.29 is 4.79 Å². The molecule has 4 rings (SSSR count). The SMILES string of the molecule is Cc1nc2n(n1)CCCC2NC(=O)C(C)N1CCC(Cc2ccccc2)CC1. The first-order valence-corrected chi connectivity index (χ1v) is 10.6. The number of aryl methyl sites for hydroxylation is 2. The quantitative estimate of drug-likeness (QED) is 0.865. The number of benzene rings is 1. The lowest BCUT2D eigenvalue weighted by Crippen LogP contribution is -2.49. The van der Waals surface area contributed by atoms with Gasteiger partial charge in [-0.2, -0.15) is 5.10 Å². The Morgan fingerprint density at radius 3 is 2.68 bits per heavy atom. The number of amides is 1. The third-order valence-corrected chi connectivity index (χ3v) is 6.24. The second kappa shape index (κ2) is 8.43. The van der Waals surface area contributed by atoms with E-state index in [0.717, 1.165) is 63.4 Å². The zero-order valence-corrected chi connectivity index (χ0v) is 17.0. The molecule has 150 valence electrons. The number of hydrogen-bond donors (Lipinski definition) is 1. The van der Waals surface area contributed by atoms with E-state index in [1.165, 1.54) is 5.56 Å². The largest absolute Gasteiger partial charge is 0.345 e. The van der Waals surface area contributed by atoms with Crippen LogP contribution >= 0.6 is 0 Å². The van der Waals surface area contributed by atoms with Gasteiger partial charge in [-0.15, -0.1) is 0 Å². The molecular formula is C22H31N5O. The average molecular weight is 382 g/mol. The number of carbonyl (C=O) groups is 1. The molecule has 0 spiro atoms. The predicted octanol–water partition coefficient (Wildman–Crippen LogP) is 2.88. The van der Waals surface area contributed by atoms with Crippen molar-refractivity contribution in [2.45, 2.75) is 64.6 Å². The molecule has 0 bridgehead atoms. The maximum atomic E-state index is 12.9. The van der Waals surface area contributed by atoms with Crippen molar-refractivity contribution in [2.75, 3.05) is 13.1 Å². The Hall–Kier alpha value is -2.21. The average Bonchev–Trinajstić information content (AvgIpc) is 3.10. The molecule has 2 aromatic rings. The Kier molecular flexibility index (Phi) is 5.76. The first kappa shape index (κ1) is 19.1. The summed E-state index contributed by atoms with van der Waals surface area (Å²) in [5.41, 5.74) is 1.42. The molecule has 1 aromatic carbocycles. The van der Waals surface area contributed by atoms with Crippen LogP contribution in [-0.4, -0.2) is 44.7 Å². The second-order valence-electron chi connectivity index (χ2n) is 8.29. The minimum atomic E-state index is -0.0999. The Morgan fingerprint density at radius 2 is 1.93 bits per heavy atom. The smallest absolute Gasteiger partial charge is 0.237 e. The van der Waals surface area contributed by atoms with Crippen molar-refractivity contribution in [2.24, 2.45) is 5.92 Å². The van der Waals surface area contributed by atoms with Crippen LogP contribution in [0.4, 0.5) is 0 Å². The minimum absolute atomic E-state index is 0.0134. The molecule has 6 nitrogen and oxygen atoms in total. The van der Waals surface area contributed by atoms with Gasteiger partial charge in [0.25, 0.3) is 0 Å². The number of nitrogens with zero attached hydrogens (tertiary/aromatic N) is 4. The Bertz CT molecular complexity index is 795. The zero-order chi connectivity index (χ0) is 19.5. The van der Waals surface area contributed by atoms with E-state index in [1.54, 1.807) is 0 Å². The molecule has 1 N–H and O–H groups in total. The van der Waals surface area contributed by atoms with E-state index in [4.69, 9.17) is 0 Å². The summed E-state index contributed by atoms with van der Waals surface area (Å²) in [6.07, 6.45) is 5.43. The van der Waals surface area contributed by atoms with Gasteiger partial charge in [0, 0.05) is 6.54 Å². The highest BCUT2D eigenvalue weighted by molar-refractivity contribution is 5.81. The summed E-state index contributed by atoms with van der Waals surface area (Å²) < 4.78 is 1.95. The Balaban J connectivity index is 1.29. The lowest BCUT2D eigenvalue weighted by atomic mass is 9.89. The fraction of sp³-hybridized carbons (Fsp3) is 0.591. The lowest BCUT2D eigenvalue weighted by Gasteiger charge is -2.36. The number of fused-ring (bicyclic) bond motifs is 1. The number of hydrogen-bond acceptors (Lipinski definition) is 4. The van der Waals surface area contributed by atoms with E-state index >= 15 is 0 Å². The molecule has 2 aliphatic rings. The maximum absolute atomic E-state index is 12.9. The first-order chi connectivity index (χ1) is 13.6. The Morgan fingerprint density at radius 1 is 1.18 bits per heavy atom. The van der Waals surface area contributed by atoms with Crippen LogP contribution in [0.15, 0.2) is 30.3 Å². The van der Waals surface area contributed by atoms with Gasteiger partial charge in [-0.3, -0.25) is 9.69 Å². The summed E-state index contributed by atoms with van der Waals surface area (Å²) in [7, 11) is 0. The van der Waals surface area contributed by atoms with Crippen molar-refractivity contribution in [3.05, 3.63) is 47.5 Å². The van der Waals surface area contributed by atoms with E-state index < -0.39 is 0 Å². The van der Waals surface area contributed by atoms with Crippen LogP contribution < -0.4 is 5.32 Å². The summed E-state index contributed by atoms with van der Waals surface area (Å²) in [6.45, 7) is 6.82. The van der Waals surface area contributed by atoms with Gasteiger partial charge in [-0.1, -0.05) is 30.3 Å². The monoisotopic (exact) mass is 381 g/mol. The van der Waals surface area contributed by atoms with Crippen molar-refractivity contribution >= 4 is 5.91 Å². The van der Waals surface area contributed by atoms with Crippen LogP contribution in [0.3, 0.4) is 0 Å². The molecular weight excluding hydrogens is 350 g/mol. The molecule has 2 aliphatic heterocycles. The second-order valence-corrected chi connectivity index (χ2v) is 8.29. The van der Waals surface area contributed by atoms with Gasteiger partial charge in [-0.25, -0.2) is 9.67 Å². The van der Waals surface area contributed by atoms with Crippen LogP contribution in [0.25, 0.3) is 0 Å². The molecule has 2 atom stereocenters. The summed E-state index contributed by atoms with van der Waals surface area (Å²) in [4.78, 5) is 19.7. The first-order valence-electron chi connectivity index (χ1n) is 10.6. The van der Waals surface area contributed by atoms with Crippen molar-refractivity contribution in [3.8, 4) is 0 Å². The molecule has 0 radical (unpaired) electrons. The lowest BCUT2D eigenvalue weighted by molar-refractivity contribution is -0.127. The predicted molar refractivity (Wildman–Crippen MR) is 109 cm³/mol. The van der Waals surface area contributed by atoms with E-state index in [9.17, 15) is 4.79 Å². The van der Waals surface area contributed by atoms with Gasteiger partial charge >= 0.3 is 0 Å². The molecule has 1 aromatic heterocycles. The number of likely N-dealkylation sites (tertiary alicyclic amines) is 1. The van der Waals surface area contributed by atoms with Gasteiger partial charge in [-0.05, 0) is 70.5 Å². The van der Waals surface area contributed by atoms with E-state index in [2.05, 4.69) is 50.6 Å². The van der Waals surface area contributed by atoms with Crippen molar-refractivity contribution in [1.82, 2.24) is 25.0 Å². The minimum Gasteiger partial charge on any atom is -0.345 e. The number of carbonyl (C=O) groups excluding carboxylic acids is 1. The van der Waals surface area contributed by atoms with Crippen LogP contribution in [0.5, 0.6) is 0 Å². The summed E-state index contributed by atoms with van der Waals surface area (Å²) >= 11 is 0. The van der Waals surface area contributed by atoms with E-state index in [-0.39, 0.29) is 18.0 Å². The van der Waals surface area contributed by atoms with Gasteiger partial charge in [0.1, 0.15) is 11.6 Å². The summed E-state index contributed by atoms with van der Waals surface area (Å²) in [5.74, 6) is 2.52. The molecule has 0 aliphatic carbocycles. The molecule has 1 fully saturated rings. The van der Waals surface area contributed by atoms with Gasteiger partial charge in [0.05, 0.1) is 12.1 Å². The molecule has 0 saturated carbocycles.